The molecule has 0 spiro atoms. The van der Waals surface area contributed by atoms with Gasteiger partial charge in [0.2, 0.25) is 0 Å². The lowest BCUT2D eigenvalue weighted by Crippen LogP contribution is -1.80. The van der Waals surface area contributed by atoms with Gasteiger partial charge in [-0.15, -0.1) is 0 Å². The van der Waals surface area contributed by atoms with Crippen LogP contribution in [0.15, 0.2) is 23.0 Å². The monoisotopic (exact) mass is 236 g/mol. The van der Waals surface area contributed by atoms with Crippen LogP contribution in [-0.4, -0.2) is 9.91 Å². The first kappa shape index (κ1) is 8.75. The van der Waals surface area contributed by atoms with Crippen molar-refractivity contribution in [2.24, 2.45) is 0 Å². The molecular formula is C9H4N2O2S2. The predicted molar refractivity (Wildman–Crippen MR) is 61.7 cm³/mol. The second-order valence-corrected chi connectivity index (χ2v) is 4.83. The summed E-state index contributed by atoms with van der Waals surface area (Å²) in [6, 6.07) is 1.52. The molecule has 74 valence electrons. The van der Waals surface area contributed by atoms with Gasteiger partial charge < -0.3 is 0 Å². The van der Waals surface area contributed by atoms with Crippen LogP contribution in [0.5, 0.6) is 0 Å². The fourth-order valence-electron chi connectivity index (χ4n) is 1.48. The van der Waals surface area contributed by atoms with Crippen molar-refractivity contribution in [3.8, 4) is 0 Å². The fourth-order valence-corrected chi connectivity index (χ4v) is 3.30. The Morgan fingerprint density at radius 2 is 2.27 bits per heavy atom. The molecule has 0 amide bonds. The van der Waals surface area contributed by atoms with Gasteiger partial charge in [-0.05, 0) is 0 Å². The number of nitro groups is 1. The number of hydrogen-bond acceptors (Lipinski definition) is 5. The highest BCUT2D eigenvalue weighted by Crippen LogP contribution is 2.36. The summed E-state index contributed by atoms with van der Waals surface area (Å²) in [4.78, 5) is 14.5. The Bertz CT molecular complexity index is 671. The first-order valence-corrected chi connectivity index (χ1v) is 5.90. The van der Waals surface area contributed by atoms with Crippen LogP contribution in [0.1, 0.15) is 0 Å². The second-order valence-electron chi connectivity index (χ2n) is 3.06. The minimum absolute atomic E-state index is 0.149. The molecule has 0 bridgehead atoms. The third-order valence-electron chi connectivity index (χ3n) is 2.16. The molecule has 0 atom stereocenters. The minimum atomic E-state index is -0.370. The molecule has 3 aromatic rings. The minimum Gasteiger partial charge on any atom is -0.258 e. The maximum Gasteiger partial charge on any atom is 0.326 e. The smallest absolute Gasteiger partial charge is 0.258 e. The molecule has 0 aromatic carbocycles. The van der Waals surface area contributed by atoms with E-state index < -0.39 is 0 Å². The number of aromatic nitrogens is 1. The Balaban J connectivity index is 2.46. The summed E-state index contributed by atoms with van der Waals surface area (Å²) in [5.74, 6) is 0. The lowest BCUT2D eigenvalue weighted by atomic mass is 10.2. The average molecular weight is 236 g/mol. The van der Waals surface area contributed by atoms with Crippen molar-refractivity contribution in [1.82, 2.24) is 4.98 Å². The summed E-state index contributed by atoms with van der Waals surface area (Å²) in [5.41, 5.74) is 0.706. The number of hydrogen-bond donors (Lipinski definition) is 0. The van der Waals surface area contributed by atoms with Crippen molar-refractivity contribution in [2.45, 2.75) is 0 Å². The van der Waals surface area contributed by atoms with Crippen LogP contribution in [-0.2, 0) is 0 Å². The van der Waals surface area contributed by atoms with Crippen LogP contribution in [0.3, 0.4) is 0 Å². The molecule has 15 heavy (non-hydrogen) atoms. The Morgan fingerprint density at radius 1 is 1.40 bits per heavy atom. The zero-order chi connectivity index (χ0) is 10.4. The average Bonchev–Trinajstić information content (AvgIpc) is 2.82. The van der Waals surface area contributed by atoms with Crippen LogP contribution in [0.2, 0.25) is 0 Å². The Kier molecular flexibility index (Phi) is 1.74. The molecule has 3 aromatic heterocycles. The molecule has 0 N–H and O–H groups in total. The number of pyridine rings is 1. The van der Waals surface area contributed by atoms with E-state index in [0.717, 1.165) is 15.5 Å². The highest BCUT2D eigenvalue weighted by molar-refractivity contribution is 7.23. The second kappa shape index (κ2) is 2.98. The Hall–Kier alpha value is -1.53. The van der Waals surface area contributed by atoms with E-state index >= 15 is 0 Å². The molecule has 3 heterocycles. The molecule has 0 saturated carbocycles. The Labute approximate surface area is 91.9 Å². The van der Waals surface area contributed by atoms with E-state index in [0.29, 0.717) is 5.52 Å². The van der Waals surface area contributed by atoms with E-state index in [4.69, 9.17) is 0 Å². The van der Waals surface area contributed by atoms with E-state index in [-0.39, 0.29) is 9.92 Å². The normalized spacial score (nSPS) is 11.2. The van der Waals surface area contributed by atoms with Crippen molar-refractivity contribution >= 4 is 48.7 Å². The van der Waals surface area contributed by atoms with Gasteiger partial charge in [0.05, 0.1) is 21.2 Å². The zero-order valence-corrected chi connectivity index (χ0v) is 8.97. The number of thiophene rings is 2. The highest BCUT2D eigenvalue weighted by atomic mass is 32.1. The maximum absolute atomic E-state index is 10.6. The van der Waals surface area contributed by atoms with Gasteiger partial charge in [-0.1, -0.05) is 11.3 Å². The molecule has 3 rings (SSSR count). The maximum atomic E-state index is 10.6. The third-order valence-corrected chi connectivity index (χ3v) is 4.03. The molecule has 0 saturated heterocycles. The molecule has 0 aliphatic heterocycles. The number of rotatable bonds is 1. The van der Waals surface area contributed by atoms with Gasteiger partial charge in [0.1, 0.15) is 0 Å². The van der Waals surface area contributed by atoms with Gasteiger partial charge in [-0.2, -0.15) is 11.3 Å². The number of nitrogens with zero attached hydrogens (tertiary/aromatic N) is 2. The van der Waals surface area contributed by atoms with Crippen molar-refractivity contribution in [1.29, 1.82) is 0 Å². The van der Waals surface area contributed by atoms with Crippen molar-refractivity contribution in [3.05, 3.63) is 33.1 Å². The SMILES string of the molecule is O=[N+]([O-])c1cc2ncc3cscc3c2s1. The molecule has 0 unspecified atom stereocenters. The standard InChI is InChI=1S/C9H4N2O2S2/c12-11(13)8-1-7-9(15-8)6-4-14-3-5(6)2-10-7/h1-4H. The topological polar surface area (TPSA) is 56.0 Å². The third kappa shape index (κ3) is 1.22. The van der Waals surface area contributed by atoms with Crippen molar-refractivity contribution in [3.63, 3.8) is 0 Å². The summed E-state index contributed by atoms with van der Waals surface area (Å²) < 4.78 is 0.903. The molecule has 0 radical (unpaired) electrons. The lowest BCUT2D eigenvalue weighted by molar-refractivity contribution is -0.380. The predicted octanol–water partition coefficient (Wildman–Crippen LogP) is 3.42. The largest absolute Gasteiger partial charge is 0.326 e. The van der Waals surface area contributed by atoms with E-state index in [1.807, 2.05) is 10.8 Å². The first-order chi connectivity index (χ1) is 7.25. The summed E-state index contributed by atoms with van der Waals surface area (Å²) >= 11 is 2.77. The quantitative estimate of drug-likeness (QED) is 0.480. The van der Waals surface area contributed by atoms with E-state index in [2.05, 4.69) is 4.98 Å². The molecular weight excluding hydrogens is 232 g/mol. The zero-order valence-electron chi connectivity index (χ0n) is 7.34. The van der Waals surface area contributed by atoms with Crippen molar-refractivity contribution < 1.29 is 4.92 Å². The van der Waals surface area contributed by atoms with E-state index in [1.54, 1.807) is 17.5 Å². The molecule has 4 nitrogen and oxygen atoms in total. The van der Waals surface area contributed by atoms with Crippen LogP contribution >= 0.6 is 22.7 Å². The summed E-state index contributed by atoms with van der Waals surface area (Å²) in [7, 11) is 0. The van der Waals surface area contributed by atoms with Gasteiger partial charge in [0, 0.05) is 27.7 Å². The molecule has 6 heteroatoms. The number of fused-ring (bicyclic) bond motifs is 3. The van der Waals surface area contributed by atoms with Crippen molar-refractivity contribution in [2.75, 3.05) is 0 Å². The summed E-state index contributed by atoms with van der Waals surface area (Å²) in [6.45, 7) is 0. The lowest BCUT2D eigenvalue weighted by Gasteiger charge is -1.89. The van der Waals surface area contributed by atoms with E-state index in [9.17, 15) is 10.1 Å². The summed E-state index contributed by atoms with van der Waals surface area (Å²) in [6.07, 6.45) is 1.75. The van der Waals surface area contributed by atoms with Crippen LogP contribution in [0, 0.1) is 10.1 Å². The van der Waals surface area contributed by atoms with Gasteiger partial charge in [-0.3, -0.25) is 15.1 Å². The highest BCUT2D eigenvalue weighted by Gasteiger charge is 2.14. The fraction of sp³-hybridized carbons (Fsp3) is 0. The molecule has 0 fully saturated rings. The first-order valence-electron chi connectivity index (χ1n) is 4.14. The van der Waals surface area contributed by atoms with Crippen LogP contribution in [0.4, 0.5) is 5.00 Å². The van der Waals surface area contributed by atoms with Gasteiger partial charge in [-0.25, -0.2) is 0 Å². The van der Waals surface area contributed by atoms with Gasteiger partial charge in [0.15, 0.2) is 0 Å². The van der Waals surface area contributed by atoms with Crippen LogP contribution in [0.25, 0.3) is 21.0 Å². The molecule has 0 aliphatic carbocycles. The molecule has 0 aliphatic rings. The Morgan fingerprint density at radius 3 is 3.07 bits per heavy atom. The van der Waals surface area contributed by atoms with Gasteiger partial charge >= 0.3 is 5.00 Å². The van der Waals surface area contributed by atoms with Gasteiger partial charge in [0.25, 0.3) is 0 Å². The summed E-state index contributed by atoms with van der Waals surface area (Å²) in [5, 5.41) is 16.9. The van der Waals surface area contributed by atoms with Crippen LogP contribution < -0.4 is 0 Å². The van der Waals surface area contributed by atoms with E-state index in [1.165, 1.54) is 17.4 Å².